The van der Waals surface area contributed by atoms with Crippen LogP contribution in [0.2, 0.25) is 5.02 Å². The summed E-state index contributed by atoms with van der Waals surface area (Å²) in [6.07, 6.45) is 3.23. The third kappa shape index (κ3) is 8.56. The average molecular weight is 367 g/mol. The van der Waals surface area contributed by atoms with Crippen molar-refractivity contribution in [2.45, 2.75) is 26.2 Å². The zero-order valence-corrected chi connectivity index (χ0v) is 16.0. The highest BCUT2D eigenvalue weighted by Crippen LogP contribution is 2.10. The number of hydrogen-bond acceptors (Lipinski definition) is 3. The molecule has 1 fully saturated rings. The summed E-state index contributed by atoms with van der Waals surface area (Å²) < 4.78 is 5.37. The number of guanidine groups is 1. The highest BCUT2D eigenvalue weighted by Gasteiger charge is 2.08. The molecule has 0 unspecified atom stereocenters. The summed E-state index contributed by atoms with van der Waals surface area (Å²) in [6.45, 7) is 9.70. The molecule has 2 rings (SSSR count). The van der Waals surface area contributed by atoms with E-state index in [1.165, 1.54) is 12.0 Å². The van der Waals surface area contributed by atoms with Crippen LogP contribution in [0.1, 0.15) is 25.3 Å². The minimum absolute atomic E-state index is 0.790. The Bertz CT molecular complexity index is 518. The van der Waals surface area contributed by atoms with Crippen molar-refractivity contribution < 1.29 is 4.74 Å². The van der Waals surface area contributed by atoms with Gasteiger partial charge < -0.3 is 15.4 Å². The Labute approximate surface area is 156 Å². The van der Waals surface area contributed by atoms with E-state index in [1.54, 1.807) is 0 Å². The van der Waals surface area contributed by atoms with Gasteiger partial charge in [-0.1, -0.05) is 23.7 Å². The quantitative estimate of drug-likeness (QED) is 0.400. The van der Waals surface area contributed by atoms with Gasteiger partial charge in [0.2, 0.25) is 0 Å². The summed E-state index contributed by atoms with van der Waals surface area (Å²) in [6, 6.07) is 8.01. The molecule has 140 valence electrons. The lowest BCUT2D eigenvalue weighted by atomic mass is 10.1. The molecule has 1 aromatic carbocycles. The summed E-state index contributed by atoms with van der Waals surface area (Å²) in [7, 11) is 0. The second-order valence-corrected chi connectivity index (χ2v) is 6.66. The largest absolute Gasteiger partial charge is 0.379 e. The maximum atomic E-state index is 6.02. The zero-order valence-electron chi connectivity index (χ0n) is 15.3. The van der Waals surface area contributed by atoms with Gasteiger partial charge in [0.25, 0.3) is 0 Å². The van der Waals surface area contributed by atoms with Crippen LogP contribution in [0.5, 0.6) is 0 Å². The number of hydrogen-bond donors (Lipinski definition) is 2. The summed E-state index contributed by atoms with van der Waals surface area (Å²) in [5.74, 6) is 0.899. The lowest BCUT2D eigenvalue weighted by Crippen LogP contribution is -2.38. The van der Waals surface area contributed by atoms with Gasteiger partial charge in [0.05, 0.1) is 13.2 Å². The molecule has 25 heavy (non-hydrogen) atoms. The van der Waals surface area contributed by atoms with Gasteiger partial charge >= 0.3 is 0 Å². The van der Waals surface area contributed by atoms with E-state index in [0.29, 0.717) is 0 Å². The highest BCUT2D eigenvalue weighted by molar-refractivity contribution is 6.30. The average Bonchev–Trinajstić information content (AvgIpc) is 2.62. The lowest BCUT2D eigenvalue weighted by molar-refractivity contribution is 0.0373. The first-order valence-corrected chi connectivity index (χ1v) is 9.72. The highest BCUT2D eigenvalue weighted by atomic mass is 35.5. The van der Waals surface area contributed by atoms with Gasteiger partial charge in [0, 0.05) is 37.7 Å². The first kappa shape index (κ1) is 20.0. The third-order valence-corrected chi connectivity index (χ3v) is 4.43. The van der Waals surface area contributed by atoms with E-state index in [2.05, 4.69) is 33.5 Å². The summed E-state index contributed by atoms with van der Waals surface area (Å²) in [5, 5.41) is 7.49. The Morgan fingerprint density at radius 1 is 1.24 bits per heavy atom. The van der Waals surface area contributed by atoms with Crippen LogP contribution >= 0.6 is 11.6 Å². The molecule has 0 spiro atoms. The SMILES string of the molecule is CCNC(=NCCCCN1CCOCC1)NCCc1cccc(Cl)c1. The molecular formula is C19H31ClN4O. The summed E-state index contributed by atoms with van der Waals surface area (Å²) in [4.78, 5) is 7.14. The number of aliphatic imine (C=N–C) groups is 1. The van der Waals surface area contributed by atoms with Crippen molar-refractivity contribution in [2.75, 3.05) is 52.5 Å². The number of ether oxygens (including phenoxy) is 1. The number of nitrogens with one attached hydrogen (secondary N) is 2. The molecule has 0 saturated carbocycles. The summed E-state index contributed by atoms with van der Waals surface area (Å²) in [5.41, 5.74) is 1.24. The van der Waals surface area contributed by atoms with Crippen molar-refractivity contribution in [1.82, 2.24) is 15.5 Å². The molecule has 0 aliphatic carbocycles. The molecule has 0 atom stereocenters. The second-order valence-electron chi connectivity index (χ2n) is 6.23. The van der Waals surface area contributed by atoms with Gasteiger partial charge in [-0.05, 0) is 50.4 Å². The number of nitrogens with zero attached hydrogens (tertiary/aromatic N) is 2. The second kappa shape index (κ2) is 12.1. The van der Waals surface area contributed by atoms with Crippen molar-refractivity contribution >= 4 is 17.6 Å². The third-order valence-electron chi connectivity index (χ3n) is 4.20. The van der Waals surface area contributed by atoms with Gasteiger partial charge in [-0.25, -0.2) is 0 Å². The van der Waals surface area contributed by atoms with Crippen LogP contribution in [-0.2, 0) is 11.2 Å². The number of benzene rings is 1. The predicted octanol–water partition coefficient (Wildman–Crippen LogP) is 2.55. The Morgan fingerprint density at radius 3 is 2.84 bits per heavy atom. The standard InChI is InChI=1S/C19H31ClN4O/c1-2-21-19(23-10-8-17-6-5-7-18(20)16-17)22-9-3-4-11-24-12-14-25-15-13-24/h5-7,16H,2-4,8-15H2,1H3,(H2,21,22,23). The van der Waals surface area contributed by atoms with Crippen LogP contribution in [0.25, 0.3) is 0 Å². The molecule has 0 amide bonds. The fourth-order valence-corrected chi connectivity index (χ4v) is 3.04. The first-order chi connectivity index (χ1) is 12.3. The monoisotopic (exact) mass is 366 g/mol. The van der Waals surface area contributed by atoms with E-state index in [4.69, 9.17) is 16.3 Å². The Morgan fingerprint density at radius 2 is 2.08 bits per heavy atom. The Kier molecular flexibility index (Phi) is 9.70. The smallest absolute Gasteiger partial charge is 0.191 e. The number of rotatable bonds is 9. The molecule has 2 N–H and O–H groups in total. The van der Waals surface area contributed by atoms with Crippen molar-refractivity contribution in [1.29, 1.82) is 0 Å². The molecule has 0 bridgehead atoms. The van der Waals surface area contributed by atoms with E-state index in [0.717, 1.165) is 76.3 Å². The molecule has 1 heterocycles. The first-order valence-electron chi connectivity index (χ1n) is 9.34. The van der Waals surface area contributed by atoms with E-state index in [1.807, 2.05) is 18.2 Å². The fraction of sp³-hybridized carbons (Fsp3) is 0.632. The van der Waals surface area contributed by atoms with E-state index >= 15 is 0 Å². The maximum Gasteiger partial charge on any atom is 0.191 e. The van der Waals surface area contributed by atoms with Gasteiger partial charge in [-0.3, -0.25) is 9.89 Å². The zero-order chi connectivity index (χ0) is 17.7. The van der Waals surface area contributed by atoms with Crippen LogP contribution in [-0.4, -0.2) is 63.3 Å². The van der Waals surface area contributed by atoms with Gasteiger partial charge in [0.15, 0.2) is 5.96 Å². The fourth-order valence-electron chi connectivity index (χ4n) is 2.82. The molecular weight excluding hydrogens is 336 g/mol. The van der Waals surface area contributed by atoms with E-state index < -0.39 is 0 Å². The Balaban J connectivity index is 1.63. The van der Waals surface area contributed by atoms with Crippen molar-refractivity contribution in [3.63, 3.8) is 0 Å². The van der Waals surface area contributed by atoms with E-state index in [9.17, 15) is 0 Å². The lowest BCUT2D eigenvalue weighted by Gasteiger charge is -2.26. The number of halogens is 1. The normalized spacial score (nSPS) is 16.0. The number of unbranched alkanes of at least 4 members (excludes halogenated alkanes) is 1. The van der Waals surface area contributed by atoms with Crippen molar-refractivity contribution in [3.8, 4) is 0 Å². The number of morpholine rings is 1. The molecule has 5 nitrogen and oxygen atoms in total. The maximum absolute atomic E-state index is 6.02. The van der Waals surface area contributed by atoms with E-state index in [-0.39, 0.29) is 0 Å². The van der Waals surface area contributed by atoms with Crippen LogP contribution in [0, 0.1) is 0 Å². The van der Waals surface area contributed by atoms with Gasteiger partial charge in [-0.2, -0.15) is 0 Å². The van der Waals surface area contributed by atoms with Gasteiger partial charge in [-0.15, -0.1) is 0 Å². The molecule has 1 saturated heterocycles. The van der Waals surface area contributed by atoms with Crippen molar-refractivity contribution in [2.24, 2.45) is 4.99 Å². The molecule has 1 aliphatic rings. The Hall–Kier alpha value is -1.30. The van der Waals surface area contributed by atoms with Gasteiger partial charge in [0.1, 0.15) is 0 Å². The van der Waals surface area contributed by atoms with Crippen LogP contribution in [0.3, 0.4) is 0 Å². The molecule has 0 aromatic heterocycles. The van der Waals surface area contributed by atoms with Crippen molar-refractivity contribution in [3.05, 3.63) is 34.9 Å². The minimum Gasteiger partial charge on any atom is -0.379 e. The predicted molar refractivity (Wildman–Crippen MR) is 106 cm³/mol. The topological polar surface area (TPSA) is 48.9 Å². The molecule has 6 heteroatoms. The van der Waals surface area contributed by atoms with Crippen LogP contribution in [0.4, 0.5) is 0 Å². The minimum atomic E-state index is 0.790. The molecule has 1 aromatic rings. The summed E-state index contributed by atoms with van der Waals surface area (Å²) >= 11 is 6.02. The molecule has 1 aliphatic heterocycles. The van der Waals surface area contributed by atoms with Crippen LogP contribution < -0.4 is 10.6 Å². The molecule has 0 radical (unpaired) electrons. The van der Waals surface area contributed by atoms with Crippen LogP contribution in [0.15, 0.2) is 29.3 Å².